The highest BCUT2D eigenvalue weighted by atomic mass is 32.2. The van der Waals surface area contributed by atoms with E-state index in [-0.39, 0.29) is 16.7 Å². The lowest BCUT2D eigenvalue weighted by Gasteiger charge is -2.08. The first-order valence-corrected chi connectivity index (χ1v) is 5.17. The highest BCUT2D eigenvalue weighted by Gasteiger charge is 2.29. The standard InChI is InChI=1S/C10H8F3NOS/c1-7(14-6-15)8-3-2-4-9(5-8)16-10(11,12)13/h2-5,7H,1H3. The van der Waals surface area contributed by atoms with E-state index >= 15 is 0 Å². The molecule has 2 nitrogen and oxygen atoms in total. The van der Waals surface area contributed by atoms with E-state index in [9.17, 15) is 18.0 Å². The first-order chi connectivity index (χ1) is 7.42. The van der Waals surface area contributed by atoms with Gasteiger partial charge in [-0.1, -0.05) is 12.1 Å². The Bertz CT molecular complexity index is 413. The zero-order chi connectivity index (χ0) is 12.2. The SMILES string of the molecule is CC(N=C=O)c1cccc(SC(F)(F)F)c1. The number of hydrogen-bond donors (Lipinski definition) is 0. The van der Waals surface area contributed by atoms with Crippen molar-refractivity contribution < 1.29 is 18.0 Å². The smallest absolute Gasteiger partial charge is 0.211 e. The first-order valence-electron chi connectivity index (χ1n) is 4.35. The highest BCUT2D eigenvalue weighted by Crippen LogP contribution is 2.37. The second-order valence-electron chi connectivity index (χ2n) is 3.02. The van der Waals surface area contributed by atoms with Crippen molar-refractivity contribution in [1.82, 2.24) is 0 Å². The van der Waals surface area contributed by atoms with E-state index in [2.05, 4.69) is 4.99 Å². The van der Waals surface area contributed by atoms with Crippen LogP contribution in [0.3, 0.4) is 0 Å². The van der Waals surface area contributed by atoms with Crippen molar-refractivity contribution in [2.24, 2.45) is 4.99 Å². The largest absolute Gasteiger partial charge is 0.446 e. The van der Waals surface area contributed by atoms with Crippen LogP contribution < -0.4 is 0 Å². The van der Waals surface area contributed by atoms with E-state index in [1.165, 1.54) is 24.3 Å². The number of hydrogen-bond acceptors (Lipinski definition) is 3. The third-order valence-electron chi connectivity index (χ3n) is 1.82. The fourth-order valence-electron chi connectivity index (χ4n) is 1.13. The lowest BCUT2D eigenvalue weighted by molar-refractivity contribution is -0.0328. The number of carbonyl (C=O) groups excluding carboxylic acids is 1. The lowest BCUT2D eigenvalue weighted by atomic mass is 10.1. The number of aliphatic imine (C=N–C) groups is 1. The number of rotatable bonds is 3. The fourth-order valence-corrected chi connectivity index (χ4v) is 1.73. The Labute approximate surface area is 94.6 Å². The van der Waals surface area contributed by atoms with Crippen molar-refractivity contribution in [2.45, 2.75) is 23.4 Å². The molecule has 0 bridgehead atoms. The molecule has 0 aliphatic carbocycles. The van der Waals surface area contributed by atoms with Crippen LogP contribution in [0.15, 0.2) is 34.2 Å². The molecular weight excluding hydrogens is 239 g/mol. The predicted octanol–water partition coefficient (Wildman–Crippen LogP) is 3.70. The summed E-state index contributed by atoms with van der Waals surface area (Å²) < 4.78 is 36.3. The minimum atomic E-state index is -4.31. The molecule has 1 aromatic rings. The summed E-state index contributed by atoms with van der Waals surface area (Å²) in [7, 11) is 0. The number of alkyl halides is 3. The zero-order valence-electron chi connectivity index (χ0n) is 8.28. The Kier molecular flexibility index (Phi) is 4.15. The monoisotopic (exact) mass is 247 g/mol. The van der Waals surface area contributed by atoms with Gasteiger partial charge in [0.1, 0.15) is 0 Å². The van der Waals surface area contributed by atoms with E-state index in [1.807, 2.05) is 0 Å². The summed E-state index contributed by atoms with van der Waals surface area (Å²) in [6.45, 7) is 1.61. The maximum Gasteiger partial charge on any atom is 0.446 e. The summed E-state index contributed by atoms with van der Waals surface area (Å²) in [6.07, 6.45) is 1.38. The van der Waals surface area contributed by atoms with Gasteiger partial charge in [-0.15, -0.1) is 0 Å². The summed E-state index contributed by atoms with van der Waals surface area (Å²) in [5, 5.41) is 0. The minimum Gasteiger partial charge on any atom is -0.211 e. The van der Waals surface area contributed by atoms with Crippen molar-refractivity contribution in [3.63, 3.8) is 0 Å². The molecule has 0 aliphatic heterocycles. The maximum absolute atomic E-state index is 12.1. The number of isocyanates is 1. The van der Waals surface area contributed by atoms with Gasteiger partial charge in [0.05, 0.1) is 6.04 Å². The van der Waals surface area contributed by atoms with Crippen LogP contribution >= 0.6 is 11.8 Å². The van der Waals surface area contributed by atoms with Crippen molar-refractivity contribution >= 4 is 17.8 Å². The van der Waals surface area contributed by atoms with E-state index in [0.717, 1.165) is 0 Å². The van der Waals surface area contributed by atoms with E-state index in [0.29, 0.717) is 5.56 Å². The summed E-state index contributed by atoms with van der Waals surface area (Å²) in [4.78, 5) is 13.5. The topological polar surface area (TPSA) is 29.4 Å². The second-order valence-corrected chi connectivity index (χ2v) is 4.16. The Morgan fingerprint density at radius 1 is 1.44 bits per heavy atom. The molecule has 0 saturated carbocycles. The zero-order valence-corrected chi connectivity index (χ0v) is 9.10. The van der Waals surface area contributed by atoms with Crippen LogP contribution in [0, 0.1) is 0 Å². The summed E-state index contributed by atoms with van der Waals surface area (Å²) in [5.41, 5.74) is -3.76. The van der Waals surface area contributed by atoms with Crippen LogP contribution in [-0.2, 0) is 4.79 Å². The predicted molar refractivity (Wildman–Crippen MR) is 54.9 cm³/mol. The van der Waals surface area contributed by atoms with Gasteiger partial charge in [-0.2, -0.15) is 18.2 Å². The number of benzene rings is 1. The number of nitrogens with zero attached hydrogens (tertiary/aromatic N) is 1. The summed E-state index contributed by atoms with van der Waals surface area (Å²) in [6, 6.07) is 5.36. The minimum absolute atomic E-state index is 0.0814. The summed E-state index contributed by atoms with van der Waals surface area (Å²) in [5.74, 6) is 0. The molecule has 1 unspecified atom stereocenters. The number of thioether (sulfide) groups is 1. The van der Waals surface area contributed by atoms with Crippen LogP contribution in [0.2, 0.25) is 0 Å². The van der Waals surface area contributed by atoms with Crippen LogP contribution in [0.25, 0.3) is 0 Å². The average molecular weight is 247 g/mol. The van der Waals surface area contributed by atoms with Gasteiger partial charge >= 0.3 is 5.51 Å². The Morgan fingerprint density at radius 2 is 2.12 bits per heavy atom. The van der Waals surface area contributed by atoms with E-state index < -0.39 is 11.6 Å². The molecule has 0 N–H and O–H groups in total. The molecule has 0 amide bonds. The van der Waals surface area contributed by atoms with Gasteiger partial charge < -0.3 is 0 Å². The molecule has 86 valence electrons. The molecule has 0 saturated heterocycles. The summed E-state index contributed by atoms with van der Waals surface area (Å²) >= 11 is -0.190. The third kappa shape index (κ3) is 4.08. The second kappa shape index (κ2) is 5.18. The molecule has 0 aliphatic rings. The van der Waals surface area contributed by atoms with E-state index in [1.54, 1.807) is 13.0 Å². The maximum atomic E-state index is 12.1. The molecule has 1 aromatic carbocycles. The highest BCUT2D eigenvalue weighted by molar-refractivity contribution is 8.00. The molecule has 0 heterocycles. The molecule has 1 atom stereocenters. The van der Waals surface area contributed by atoms with Crippen molar-refractivity contribution in [3.05, 3.63) is 29.8 Å². The van der Waals surface area contributed by atoms with Gasteiger partial charge in [0.25, 0.3) is 0 Å². The average Bonchev–Trinajstić information content (AvgIpc) is 2.16. The Morgan fingerprint density at radius 3 is 2.69 bits per heavy atom. The van der Waals surface area contributed by atoms with Gasteiger partial charge in [-0.25, -0.2) is 4.79 Å². The molecular formula is C10H8F3NOS. The fraction of sp³-hybridized carbons (Fsp3) is 0.300. The lowest BCUT2D eigenvalue weighted by Crippen LogP contribution is -1.99. The molecule has 16 heavy (non-hydrogen) atoms. The van der Waals surface area contributed by atoms with Crippen molar-refractivity contribution in [1.29, 1.82) is 0 Å². The first kappa shape index (κ1) is 12.8. The Hall–Kier alpha value is -1.26. The van der Waals surface area contributed by atoms with Crippen molar-refractivity contribution in [2.75, 3.05) is 0 Å². The van der Waals surface area contributed by atoms with Crippen LogP contribution in [0.4, 0.5) is 13.2 Å². The number of halogens is 3. The van der Waals surface area contributed by atoms with Gasteiger partial charge in [0, 0.05) is 4.90 Å². The van der Waals surface area contributed by atoms with Crippen LogP contribution in [0.5, 0.6) is 0 Å². The van der Waals surface area contributed by atoms with Crippen LogP contribution in [-0.4, -0.2) is 11.6 Å². The van der Waals surface area contributed by atoms with Gasteiger partial charge in [-0.3, -0.25) is 0 Å². The molecule has 6 heteroatoms. The third-order valence-corrected chi connectivity index (χ3v) is 2.54. The van der Waals surface area contributed by atoms with E-state index in [4.69, 9.17) is 0 Å². The normalized spacial score (nSPS) is 13.0. The van der Waals surface area contributed by atoms with Gasteiger partial charge in [0.15, 0.2) is 0 Å². The van der Waals surface area contributed by atoms with Crippen molar-refractivity contribution in [3.8, 4) is 0 Å². The van der Waals surface area contributed by atoms with Gasteiger partial charge in [0.2, 0.25) is 6.08 Å². The molecule has 1 rings (SSSR count). The quantitative estimate of drug-likeness (QED) is 0.463. The molecule has 0 aromatic heterocycles. The molecule has 0 fully saturated rings. The Balaban J connectivity index is 2.91. The van der Waals surface area contributed by atoms with Crippen LogP contribution in [0.1, 0.15) is 18.5 Å². The molecule has 0 radical (unpaired) electrons. The molecule has 0 spiro atoms. The van der Waals surface area contributed by atoms with Gasteiger partial charge in [-0.05, 0) is 36.4 Å².